The fraction of sp³-hybridized carbons (Fsp3) is 0.719. The van der Waals surface area contributed by atoms with Crippen LogP contribution in [0.4, 0.5) is 0 Å². The van der Waals surface area contributed by atoms with Crippen molar-refractivity contribution in [3.05, 3.63) is 134 Å². The summed E-state index contributed by atoms with van der Waals surface area (Å²) in [5, 5.41) is 20.7. The van der Waals surface area contributed by atoms with Gasteiger partial charge in [0.05, 0.1) is 26.4 Å². The molecular weight excluding hydrogens is 1390 g/mol. The molecule has 0 heterocycles. The number of ether oxygens (including phenoxy) is 3. The quantitative estimate of drug-likeness (QED) is 0.0146. The van der Waals surface area contributed by atoms with E-state index in [0.29, 0.717) is 19.3 Å². The highest BCUT2D eigenvalue weighted by Crippen LogP contribution is 2.45. The molecule has 16 nitrogen and oxygen atoms in total. The van der Waals surface area contributed by atoms with E-state index in [1.165, 1.54) is 141 Å². The van der Waals surface area contributed by atoms with Crippen molar-refractivity contribution in [1.82, 2.24) is 0 Å². The Labute approximate surface area is 652 Å². The number of rotatable bonds is 80. The van der Waals surface area contributed by atoms with Gasteiger partial charge in [-0.2, -0.15) is 0 Å². The molecule has 5 atom stereocenters. The van der Waals surface area contributed by atoms with Crippen LogP contribution in [0.25, 0.3) is 0 Å². The SMILES string of the molecule is CC/C=C\C/C=C\C/C=C\C/C=C\C/C=C\C/C=C\CCCCCCCCCCC(=O)OCC(COP(=O)(O)OCC(O)COP(=O)(O)OCC(O)COC(=O)CCCCCCCCCCCCCCC/C=C\C/C=C\C/C=C\C/C=C\C/C=C\CC)OC(=O)CCCCCCCCCCCCCCCCC. The smallest absolute Gasteiger partial charge is 0.463 e. The van der Waals surface area contributed by atoms with E-state index in [2.05, 4.69) is 154 Å². The van der Waals surface area contributed by atoms with Gasteiger partial charge in [0.25, 0.3) is 0 Å². The Morgan fingerprint density at radius 1 is 0.271 bits per heavy atom. The number of unbranched alkanes of at least 4 members (excludes halogenated alkanes) is 35. The van der Waals surface area contributed by atoms with Gasteiger partial charge in [-0.25, -0.2) is 9.13 Å². The number of hydrogen-bond acceptors (Lipinski definition) is 14. The van der Waals surface area contributed by atoms with Crippen LogP contribution in [-0.2, 0) is 55.8 Å². The van der Waals surface area contributed by atoms with Gasteiger partial charge in [-0.1, -0.05) is 353 Å². The molecule has 0 saturated carbocycles. The lowest BCUT2D eigenvalue weighted by atomic mass is 10.0. The summed E-state index contributed by atoms with van der Waals surface area (Å²) in [4.78, 5) is 58.8. The predicted octanol–water partition coefficient (Wildman–Crippen LogP) is 25.4. The molecule has 0 fully saturated rings. The van der Waals surface area contributed by atoms with Gasteiger partial charge in [0.1, 0.15) is 25.4 Å². The highest BCUT2D eigenvalue weighted by atomic mass is 31.2. The first kappa shape index (κ1) is 103. The van der Waals surface area contributed by atoms with Gasteiger partial charge in [-0.15, -0.1) is 0 Å². The molecule has 0 aromatic heterocycles. The first-order valence-corrected chi connectivity index (χ1v) is 45.5. The van der Waals surface area contributed by atoms with Crippen molar-refractivity contribution in [2.24, 2.45) is 0 Å². The van der Waals surface area contributed by atoms with Gasteiger partial charge >= 0.3 is 33.6 Å². The van der Waals surface area contributed by atoms with E-state index in [0.717, 1.165) is 154 Å². The van der Waals surface area contributed by atoms with Crippen molar-refractivity contribution in [1.29, 1.82) is 0 Å². The minimum absolute atomic E-state index is 0.104. The second-order valence-corrected chi connectivity index (χ2v) is 31.1. The Hall–Kier alpha value is -4.31. The normalized spacial score (nSPS) is 14.6. The molecular formula is C89H154O16P2. The zero-order valence-corrected chi connectivity index (χ0v) is 69.3. The maximum absolute atomic E-state index is 13.0. The number of aliphatic hydroxyl groups is 2. The number of allylic oxidation sites excluding steroid dienone is 22. The largest absolute Gasteiger partial charge is 0.472 e. The predicted molar refractivity (Wildman–Crippen MR) is 445 cm³/mol. The summed E-state index contributed by atoms with van der Waals surface area (Å²) in [5.41, 5.74) is 0. The molecule has 5 unspecified atom stereocenters. The number of carbonyl (C=O) groups excluding carboxylic acids is 3. The molecule has 0 saturated heterocycles. The van der Waals surface area contributed by atoms with Crippen LogP contribution in [0.3, 0.4) is 0 Å². The number of phosphoric ester groups is 2. The number of phosphoric acid groups is 2. The zero-order chi connectivity index (χ0) is 78.0. The molecule has 0 amide bonds. The van der Waals surface area contributed by atoms with Crippen molar-refractivity contribution in [3.8, 4) is 0 Å². The molecule has 0 aliphatic heterocycles. The van der Waals surface area contributed by atoms with E-state index in [4.69, 9.17) is 32.3 Å². The number of esters is 3. The molecule has 0 aromatic rings. The van der Waals surface area contributed by atoms with Crippen molar-refractivity contribution in [3.63, 3.8) is 0 Å². The summed E-state index contributed by atoms with van der Waals surface area (Å²) in [6, 6.07) is 0. The second kappa shape index (κ2) is 81.2. The second-order valence-electron chi connectivity index (χ2n) is 28.2. The molecule has 616 valence electrons. The van der Waals surface area contributed by atoms with E-state index in [1.54, 1.807) is 0 Å². The van der Waals surface area contributed by atoms with Gasteiger partial charge in [0.2, 0.25) is 0 Å². The Balaban J connectivity index is 4.53. The summed E-state index contributed by atoms with van der Waals surface area (Å²) in [5.74, 6) is -1.57. The molecule has 18 heteroatoms. The Morgan fingerprint density at radius 3 is 0.785 bits per heavy atom. The van der Waals surface area contributed by atoms with Gasteiger partial charge in [-0.3, -0.25) is 32.5 Å². The van der Waals surface area contributed by atoms with Crippen LogP contribution >= 0.6 is 15.6 Å². The van der Waals surface area contributed by atoms with Crippen LogP contribution < -0.4 is 0 Å². The summed E-state index contributed by atoms with van der Waals surface area (Å²) in [6.07, 6.45) is 99.2. The average molecular weight is 1540 g/mol. The Bertz CT molecular complexity index is 2480. The van der Waals surface area contributed by atoms with Crippen LogP contribution in [-0.4, -0.2) is 95.9 Å². The van der Waals surface area contributed by atoms with E-state index in [-0.39, 0.29) is 19.3 Å². The lowest BCUT2D eigenvalue weighted by molar-refractivity contribution is -0.161. The number of aliphatic hydroxyl groups excluding tert-OH is 2. The number of hydrogen-bond donors (Lipinski definition) is 4. The monoisotopic (exact) mass is 1540 g/mol. The van der Waals surface area contributed by atoms with Gasteiger partial charge in [0, 0.05) is 19.3 Å². The zero-order valence-electron chi connectivity index (χ0n) is 67.5. The summed E-state index contributed by atoms with van der Waals surface area (Å²) in [6.45, 7) is 2.49. The first-order chi connectivity index (χ1) is 52.2. The standard InChI is InChI=1S/C89H154O16P2/c1-4-7-10-13-16-19-22-25-28-30-32-34-36-38-40-41-43-45-46-48-50-52-55-57-60-63-66-69-72-75-87(92)99-78-84(90)79-101-106(95,96)102-80-85(91)81-103-107(97,98)104-83-86(105-89(94)77-74-71-68-65-62-59-54-27-24-21-18-15-12-9-6-3)82-100-88(93)76-73-70-67-64-61-58-56-53-51-49-47-44-42-39-37-35-33-31-29-26-23-20-17-14-11-8-5-2/h7-8,10-11,16-17,19-20,25-26,28-29,32-35,38-40,42,47,49,84-86,90-91H,4-6,9,12-15,18,21-24,27,30-31,36-37,41,43-46,48,50-83H2,1-3H3,(H,95,96)(H,97,98)/b10-7-,11-8-,19-16-,20-17-,28-25-,29-26-,34-32-,35-33-,40-38-,42-39-,49-47-. The van der Waals surface area contributed by atoms with Crippen molar-refractivity contribution >= 4 is 33.6 Å². The van der Waals surface area contributed by atoms with Gasteiger partial charge in [-0.05, 0) is 116 Å². The third-order valence-corrected chi connectivity index (χ3v) is 19.8. The highest BCUT2D eigenvalue weighted by molar-refractivity contribution is 7.47. The van der Waals surface area contributed by atoms with E-state index < -0.39 is 91.5 Å². The summed E-state index contributed by atoms with van der Waals surface area (Å²) in [7, 11) is -9.79. The maximum Gasteiger partial charge on any atom is 0.472 e. The molecule has 0 aromatic carbocycles. The van der Waals surface area contributed by atoms with Crippen molar-refractivity contribution in [2.75, 3.05) is 39.6 Å². The third-order valence-electron chi connectivity index (χ3n) is 17.9. The Kier molecular flexibility index (Phi) is 77.9. The maximum atomic E-state index is 13.0. The van der Waals surface area contributed by atoms with Crippen molar-refractivity contribution < 1.29 is 75.8 Å². The summed E-state index contributed by atoms with van der Waals surface area (Å²) < 4.78 is 61.3. The van der Waals surface area contributed by atoms with E-state index in [1.807, 2.05) is 0 Å². The first-order valence-electron chi connectivity index (χ1n) is 42.5. The molecule has 0 rings (SSSR count). The lowest BCUT2D eigenvalue weighted by Gasteiger charge is -2.21. The van der Waals surface area contributed by atoms with E-state index in [9.17, 15) is 43.5 Å². The van der Waals surface area contributed by atoms with Crippen LogP contribution in [0.1, 0.15) is 355 Å². The minimum Gasteiger partial charge on any atom is -0.463 e. The fourth-order valence-electron chi connectivity index (χ4n) is 11.5. The minimum atomic E-state index is -4.93. The molecule has 0 radical (unpaired) electrons. The molecule has 0 bridgehead atoms. The van der Waals surface area contributed by atoms with Crippen LogP contribution in [0, 0.1) is 0 Å². The van der Waals surface area contributed by atoms with Crippen LogP contribution in [0.2, 0.25) is 0 Å². The number of carbonyl (C=O) groups is 3. The topological polar surface area (TPSA) is 231 Å². The van der Waals surface area contributed by atoms with Gasteiger partial charge in [0.15, 0.2) is 6.10 Å². The van der Waals surface area contributed by atoms with Gasteiger partial charge < -0.3 is 34.2 Å². The lowest BCUT2D eigenvalue weighted by Crippen LogP contribution is -2.30. The molecule has 0 aliphatic rings. The summed E-state index contributed by atoms with van der Waals surface area (Å²) >= 11 is 0. The fourth-order valence-corrected chi connectivity index (χ4v) is 13.1. The molecule has 107 heavy (non-hydrogen) atoms. The van der Waals surface area contributed by atoms with Crippen LogP contribution in [0.5, 0.6) is 0 Å². The van der Waals surface area contributed by atoms with Crippen LogP contribution in [0.15, 0.2) is 134 Å². The van der Waals surface area contributed by atoms with E-state index >= 15 is 0 Å². The molecule has 4 N–H and O–H groups in total. The molecule has 0 aliphatic carbocycles. The average Bonchev–Trinajstić information content (AvgIpc) is 0.913. The third kappa shape index (κ3) is 82.5. The highest BCUT2D eigenvalue weighted by Gasteiger charge is 2.29. The van der Waals surface area contributed by atoms with Crippen molar-refractivity contribution in [2.45, 2.75) is 373 Å². The molecule has 0 spiro atoms. The Morgan fingerprint density at radius 2 is 0.495 bits per heavy atom.